The van der Waals surface area contributed by atoms with Gasteiger partial charge in [-0.15, -0.1) is 0 Å². The van der Waals surface area contributed by atoms with Gasteiger partial charge in [-0.2, -0.15) is 0 Å². The molecule has 0 atom stereocenters. The SMILES string of the molecule is C1=CCC/C=C/CCCC/C=C/C=C\1. The monoisotopic (exact) mass is 188 g/mol. The van der Waals surface area contributed by atoms with Crippen molar-refractivity contribution in [2.45, 2.75) is 38.5 Å². The maximum Gasteiger partial charge on any atom is -0.0313 e. The van der Waals surface area contributed by atoms with Crippen LogP contribution in [-0.2, 0) is 0 Å². The van der Waals surface area contributed by atoms with E-state index in [1.807, 2.05) is 0 Å². The van der Waals surface area contributed by atoms with E-state index in [2.05, 4.69) is 48.6 Å². The Labute approximate surface area is 87.7 Å². The van der Waals surface area contributed by atoms with Gasteiger partial charge in [0, 0.05) is 0 Å². The molecule has 1 aliphatic rings. The van der Waals surface area contributed by atoms with Crippen molar-refractivity contribution >= 4 is 0 Å². The molecule has 0 bridgehead atoms. The van der Waals surface area contributed by atoms with Crippen molar-refractivity contribution < 1.29 is 0 Å². The van der Waals surface area contributed by atoms with Crippen molar-refractivity contribution in [3.8, 4) is 0 Å². The summed E-state index contributed by atoms with van der Waals surface area (Å²) in [5, 5.41) is 0. The van der Waals surface area contributed by atoms with Crippen LogP contribution in [0.15, 0.2) is 48.6 Å². The molecule has 1 aliphatic carbocycles. The maximum absolute atomic E-state index is 2.32. The van der Waals surface area contributed by atoms with Crippen molar-refractivity contribution in [1.82, 2.24) is 0 Å². The highest BCUT2D eigenvalue weighted by Crippen LogP contribution is 2.03. The summed E-state index contributed by atoms with van der Waals surface area (Å²) in [5.74, 6) is 0. The first-order valence-electron chi connectivity index (χ1n) is 5.63. The van der Waals surface area contributed by atoms with Crippen LogP contribution in [0.1, 0.15) is 38.5 Å². The summed E-state index contributed by atoms with van der Waals surface area (Å²) in [6.45, 7) is 0. The van der Waals surface area contributed by atoms with Crippen molar-refractivity contribution in [1.29, 1.82) is 0 Å². The zero-order valence-electron chi connectivity index (χ0n) is 8.86. The highest BCUT2D eigenvalue weighted by atomic mass is 13.9. The summed E-state index contributed by atoms with van der Waals surface area (Å²) < 4.78 is 0. The van der Waals surface area contributed by atoms with E-state index in [-0.39, 0.29) is 0 Å². The minimum Gasteiger partial charge on any atom is -0.0885 e. The average molecular weight is 188 g/mol. The second-order valence-electron chi connectivity index (χ2n) is 3.57. The standard InChI is InChI=1S/C14H20/c1-2-4-6-8-10-12-14-13-11-9-7-5-3-1/h1-6,11,13H,7-10,12,14H2/b2-1-,5-3?,6-4+,13-11+. The molecule has 0 saturated carbocycles. The van der Waals surface area contributed by atoms with Gasteiger partial charge in [-0.25, -0.2) is 0 Å². The molecule has 0 heteroatoms. The summed E-state index contributed by atoms with van der Waals surface area (Å²) in [4.78, 5) is 0. The first kappa shape index (κ1) is 11.0. The molecule has 76 valence electrons. The number of hydrogen-bond donors (Lipinski definition) is 0. The average Bonchev–Trinajstić information content (AvgIpc) is 2.22. The molecule has 0 fully saturated rings. The fraction of sp³-hybridized carbons (Fsp3) is 0.429. The molecule has 1 rings (SSSR count). The van der Waals surface area contributed by atoms with E-state index in [9.17, 15) is 0 Å². The van der Waals surface area contributed by atoms with Crippen LogP contribution in [0.2, 0.25) is 0 Å². The largest absolute Gasteiger partial charge is 0.0885 e. The summed E-state index contributed by atoms with van der Waals surface area (Å²) >= 11 is 0. The Morgan fingerprint density at radius 1 is 0.429 bits per heavy atom. The first-order valence-corrected chi connectivity index (χ1v) is 5.63. The molecule has 0 aliphatic heterocycles. The van der Waals surface area contributed by atoms with Gasteiger partial charge in [0.05, 0.1) is 0 Å². The van der Waals surface area contributed by atoms with Gasteiger partial charge < -0.3 is 0 Å². The highest BCUT2D eigenvalue weighted by Gasteiger charge is 1.83. The van der Waals surface area contributed by atoms with Gasteiger partial charge >= 0.3 is 0 Å². The molecule has 0 unspecified atom stereocenters. The Morgan fingerprint density at radius 2 is 0.929 bits per heavy atom. The number of rotatable bonds is 0. The molecular formula is C14H20. The Hall–Kier alpha value is -1.04. The van der Waals surface area contributed by atoms with Crippen LogP contribution in [0.4, 0.5) is 0 Å². The van der Waals surface area contributed by atoms with E-state index in [1.165, 1.54) is 32.1 Å². The van der Waals surface area contributed by atoms with E-state index in [4.69, 9.17) is 0 Å². The zero-order chi connectivity index (χ0) is 9.90. The van der Waals surface area contributed by atoms with Crippen LogP contribution in [0.5, 0.6) is 0 Å². The van der Waals surface area contributed by atoms with Crippen molar-refractivity contribution in [2.75, 3.05) is 0 Å². The molecule has 0 radical (unpaired) electrons. The first-order chi connectivity index (χ1) is 7.00. The second kappa shape index (κ2) is 8.55. The minimum atomic E-state index is 1.16. The van der Waals surface area contributed by atoms with Crippen molar-refractivity contribution in [3.05, 3.63) is 48.6 Å². The molecule has 0 amide bonds. The second-order valence-corrected chi connectivity index (χ2v) is 3.57. The van der Waals surface area contributed by atoms with Crippen LogP contribution >= 0.6 is 0 Å². The molecule has 0 saturated heterocycles. The third-order valence-electron chi connectivity index (χ3n) is 2.26. The quantitative estimate of drug-likeness (QED) is 0.489. The van der Waals surface area contributed by atoms with Gasteiger partial charge in [0.15, 0.2) is 0 Å². The van der Waals surface area contributed by atoms with Gasteiger partial charge in [0.2, 0.25) is 0 Å². The van der Waals surface area contributed by atoms with Crippen LogP contribution in [0, 0.1) is 0 Å². The lowest BCUT2D eigenvalue weighted by molar-refractivity contribution is 0.760. The summed E-state index contributed by atoms with van der Waals surface area (Å²) in [6.07, 6.45) is 25.0. The molecular weight excluding hydrogens is 168 g/mol. The predicted molar refractivity (Wildman–Crippen MR) is 64.3 cm³/mol. The predicted octanol–water partition coefficient (Wildman–Crippen LogP) is 4.57. The van der Waals surface area contributed by atoms with Gasteiger partial charge in [-0.1, -0.05) is 48.6 Å². The summed E-state index contributed by atoms with van der Waals surface area (Å²) in [6, 6.07) is 0. The van der Waals surface area contributed by atoms with Crippen LogP contribution in [0.25, 0.3) is 0 Å². The van der Waals surface area contributed by atoms with Gasteiger partial charge in [0.1, 0.15) is 0 Å². The zero-order valence-corrected chi connectivity index (χ0v) is 8.86. The molecule has 0 heterocycles. The molecule has 0 aromatic carbocycles. The fourth-order valence-corrected chi connectivity index (χ4v) is 1.43. The van der Waals surface area contributed by atoms with E-state index >= 15 is 0 Å². The lowest BCUT2D eigenvalue weighted by Crippen LogP contribution is -1.73. The smallest absolute Gasteiger partial charge is 0.0313 e. The summed E-state index contributed by atoms with van der Waals surface area (Å²) in [7, 11) is 0. The van der Waals surface area contributed by atoms with Crippen molar-refractivity contribution in [2.24, 2.45) is 0 Å². The fourth-order valence-electron chi connectivity index (χ4n) is 1.43. The minimum absolute atomic E-state index is 1.16. The van der Waals surface area contributed by atoms with Gasteiger partial charge in [-0.05, 0) is 38.5 Å². The van der Waals surface area contributed by atoms with E-state index in [1.54, 1.807) is 0 Å². The molecule has 0 spiro atoms. The lowest BCUT2D eigenvalue weighted by Gasteiger charge is -1.93. The Bertz CT molecular complexity index is 228. The van der Waals surface area contributed by atoms with Crippen LogP contribution in [0.3, 0.4) is 0 Å². The summed E-state index contributed by atoms with van der Waals surface area (Å²) in [5.41, 5.74) is 0. The van der Waals surface area contributed by atoms with Crippen LogP contribution < -0.4 is 0 Å². The molecule has 14 heavy (non-hydrogen) atoms. The normalized spacial score (nSPS) is 26.3. The van der Waals surface area contributed by atoms with E-state index < -0.39 is 0 Å². The Balaban J connectivity index is 2.35. The Morgan fingerprint density at radius 3 is 1.71 bits per heavy atom. The maximum atomic E-state index is 2.32. The molecule has 0 aromatic rings. The third kappa shape index (κ3) is 6.47. The van der Waals surface area contributed by atoms with E-state index in [0.717, 1.165) is 6.42 Å². The van der Waals surface area contributed by atoms with Gasteiger partial charge in [-0.3, -0.25) is 0 Å². The lowest BCUT2D eigenvalue weighted by atomic mass is 10.1. The number of allylic oxidation sites excluding steroid dienone is 8. The van der Waals surface area contributed by atoms with Crippen molar-refractivity contribution in [3.63, 3.8) is 0 Å². The molecule has 0 N–H and O–H groups in total. The molecule has 0 nitrogen and oxygen atoms in total. The Kier molecular flexibility index (Phi) is 6.74. The van der Waals surface area contributed by atoms with Crippen LogP contribution in [-0.4, -0.2) is 0 Å². The molecule has 0 aromatic heterocycles. The van der Waals surface area contributed by atoms with E-state index in [0.29, 0.717) is 0 Å². The highest BCUT2D eigenvalue weighted by molar-refractivity contribution is 5.11. The topological polar surface area (TPSA) is 0 Å². The third-order valence-corrected chi connectivity index (χ3v) is 2.26. The number of hydrogen-bond acceptors (Lipinski definition) is 0. The van der Waals surface area contributed by atoms with Gasteiger partial charge in [0.25, 0.3) is 0 Å².